The van der Waals surface area contributed by atoms with Crippen LogP contribution in [0.3, 0.4) is 0 Å². The molecule has 0 aromatic carbocycles. The van der Waals surface area contributed by atoms with Gasteiger partial charge in [-0.15, -0.1) is 0 Å². The van der Waals surface area contributed by atoms with Gasteiger partial charge < -0.3 is 5.32 Å². The van der Waals surface area contributed by atoms with E-state index in [0.717, 1.165) is 25.7 Å². The molecule has 0 spiro atoms. The minimum absolute atomic E-state index is 0.239. The molecule has 18 heavy (non-hydrogen) atoms. The summed E-state index contributed by atoms with van der Waals surface area (Å²) in [5, 5.41) is 3.22. The van der Waals surface area contributed by atoms with Crippen LogP contribution in [0.2, 0.25) is 0 Å². The third-order valence-corrected chi connectivity index (χ3v) is 4.67. The van der Waals surface area contributed by atoms with Crippen molar-refractivity contribution in [1.82, 2.24) is 10.2 Å². The van der Waals surface area contributed by atoms with E-state index in [1.165, 1.54) is 38.4 Å². The molecule has 0 aliphatic heterocycles. The maximum atomic E-state index is 11.0. The van der Waals surface area contributed by atoms with Crippen LogP contribution in [0.4, 0.5) is 0 Å². The molecule has 108 valence electrons. The number of hydrogen-bond donors (Lipinski definition) is 1. The van der Waals surface area contributed by atoms with Gasteiger partial charge in [0, 0.05) is 31.9 Å². The van der Waals surface area contributed by atoms with Gasteiger partial charge in [-0.1, -0.05) is 26.2 Å². The Bertz CT molecular complexity index is 311. The van der Waals surface area contributed by atoms with Crippen LogP contribution in [0.15, 0.2) is 0 Å². The molecule has 0 heterocycles. The summed E-state index contributed by atoms with van der Waals surface area (Å²) in [7, 11) is -2.83. The lowest BCUT2D eigenvalue weighted by atomic mass is 9.94. The molecule has 1 aliphatic carbocycles. The van der Waals surface area contributed by atoms with Crippen LogP contribution in [0.25, 0.3) is 0 Å². The molecule has 0 radical (unpaired) electrons. The first kappa shape index (κ1) is 15.9. The first-order valence-electron chi connectivity index (χ1n) is 7.15. The Kier molecular flexibility index (Phi) is 7.19. The molecule has 1 rings (SSSR count). The molecular formula is C13H28N2O2S. The van der Waals surface area contributed by atoms with Gasteiger partial charge in [0.1, 0.15) is 9.84 Å². The molecule has 1 saturated carbocycles. The molecule has 1 fully saturated rings. The summed E-state index contributed by atoms with van der Waals surface area (Å²) in [6, 6.07) is 0.750. The predicted octanol–water partition coefficient (Wildman–Crippen LogP) is 1.28. The van der Waals surface area contributed by atoms with Gasteiger partial charge in [-0.05, 0) is 19.4 Å². The molecule has 5 heteroatoms. The van der Waals surface area contributed by atoms with Gasteiger partial charge in [-0.2, -0.15) is 0 Å². The number of nitrogens with one attached hydrogen (secondary N) is 1. The Balaban J connectivity index is 2.15. The fraction of sp³-hybridized carbons (Fsp3) is 1.00. The van der Waals surface area contributed by atoms with E-state index < -0.39 is 9.84 Å². The number of likely N-dealkylation sites (N-methyl/N-ethyl adjacent to an activating group) is 1. The van der Waals surface area contributed by atoms with Crippen molar-refractivity contribution in [3.8, 4) is 0 Å². The Morgan fingerprint density at radius 3 is 2.39 bits per heavy atom. The van der Waals surface area contributed by atoms with Crippen molar-refractivity contribution in [2.24, 2.45) is 0 Å². The minimum atomic E-state index is -2.83. The maximum Gasteiger partial charge on any atom is 0.148 e. The van der Waals surface area contributed by atoms with Gasteiger partial charge in [-0.3, -0.25) is 4.90 Å². The third kappa shape index (κ3) is 6.71. The number of hydrogen-bond acceptors (Lipinski definition) is 4. The topological polar surface area (TPSA) is 49.4 Å². The fourth-order valence-electron chi connectivity index (χ4n) is 2.65. The molecule has 0 unspecified atom stereocenters. The number of rotatable bonds is 8. The highest BCUT2D eigenvalue weighted by Crippen LogP contribution is 2.21. The third-order valence-electron chi connectivity index (χ3n) is 3.72. The van der Waals surface area contributed by atoms with Crippen LogP contribution in [-0.2, 0) is 9.84 Å². The SMILES string of the molecule is CCN(CCNCCS(C)(=O)=O)C1CCCCC1. The van der Waals surface area contributed by atoms with Gasteiger partial charge >= 0.3 is 0 Å². The van der Waals surface area contributed by atoms with Gasteiger partial charge in [0.25, 0.3) is 0 Å². The first-order chi connectivity index (χ1) is 8.53. The second-order valence-corrected chi connectivity index (χ2v) is 7.56. The van der Waals surface area contributed by atoms with Crippen molar-refractivity contribution >= 4 is 9.84 Å². The van der Waals surface area contributed by atoms with E-state index >= 15 is 0 Å². The average molecular weight is 276 g/mol. The van der Waals surface area contributed by atoms with Crippen molar-refractivity contribution in [3.63, 3.8) is 0 Å². The van der Waals surface area contributed by atoms with Gasteiger partial charge in [-0.25, -0.2) is 8.42 Å². The lowest BCUT2D eigenvalue weighted by Gasteiger charge is -2.33. The average Bonchev–Trinajstić information content (AvgIpc) is 2.33. The van der Waals surface area contributed by atoms with E-state index in [-0.39, 0.29) is 5.75 Å². The molecule has 1 N–H and O–H groups in total. The summed E-state index contributed by atoms with van der Waals surface area (Å²) in [5.74, 6) is 0.239. The zero-order chi connectivity index (χ0) is 13.4. The van der Waals surface area contributed by atoms with Crippen molar-refractivity contribution in [2.45, 2.75) is 45.1 Å². The normalized spacial score (nSPS) is 18.4. The van der Waals surface area contributed by atoms with E-state index in [1.807, 2.05) is 0 Å². The van der Waals surface area contributed by atoms with Crippen LogP contribution in [0.5, 0.6) is 0 Å². The quantitative estimate of drug-likeness (QED) is 0.678. The molecule has 0 aromatic heterocycles. The second kappa shape index (κ2) is 8.12. The molecule has 0 bridgehead atoms. The Labute approximate surface area is 112 Å². The molecule has 0 aromatic rings. The lowest BCUT2D eigenvalue weighted by Crippen LogP contribution is -2.41. The minimum Gasteiger partial charge on any atom is -0.314 e. The summed E-state index contributed by atoms with van der Waals surface area (Å²) < 4.78 is 22.0. The zero-order valence-electron chi connectivity index (χ0n) is 11.8. The zero-order valence-corrected chi connectivity index (χ0v) is 12.6. The first-order valence-corrected chi connectivity index (χ1v) is 9.21. The molecular weight excluding hydrogens is 248 g/mol. The summed E-state index contributed by atoms with van der Waals surface area (Å²) >= 11 is 0. The largest absolute Gasteiger partial charge is 0.314 e. The van der Waals surface area contributed by atoms with Crippen LogP contribution in [0, 0.1) is 0 Å². The lowest BCUT2D eigenvalue weighted by molar-refractivity contribution is 0.165. The van der Waals surface area contributed by atoms with E-state index in [2.05, 4.69) is 17.1 Å². The van der Waals surface area contributed by atoms with Crippen molar-refractivity contribution in [1.29, 1.82) is 0 Å². The van der Waals surface area contributed by atoms with Gasteiger partial charge in [0.15, 0.2) is 0 Å². The highest BCUT2D eigenvalue weighted by Gasteiger charge is 2.19. The van der Waals surface area contributed by atoms with Crippen molar-refractivity contribution in [3.05, 3.63) is 0 Å². The highest BCUT2D eigenvalue weighted by molar-refractivity contribution is 7.90. The Morgan fingerprint density at radius 2 is 1.83 bits per heavy atom. The van der Waals surface area contributed by atoms with Gasteiger partial charge in [0.2, 0.25) is 0 Å². The van der Waals surface area contributed by atoms with Crippen molar-refractivity contribution < 1.29 is 8.42 Å². The molecule has 0 atom stereocenters. The molecule has 1 aliphatic rings. The van der Waals surface area contributed by atoms with Crippen LogP contribution in [-0.4, -0.2) is 57.5 Å². The Hall–Kier alpha value is -0.130. The fourth-order valence-corrected chi connectivity index (χ4v) is 3.17. The summed E-state index contributed by atoms with van der Waals surface area (Å²) in [6.45, 7) is 5.80. The van der Waals surface area contributed by atoms with Crippen LogP contribution >= 0.6 is 0 Å². The maximum absolute atomic E-state index is 11.0. The van der Waals surface area contributed by atoms with E-state index in [9.17, 15) is 8.42 Å². The van der Waals surface area contributed by atoms with E-state index in [1.54, 1.807) is 0 Å². The van der Waals surface area contributed by atoms with Crippen LogP contribution in [0.1, 0.15) is 39.0 Å². The summed E-state index contributed by atoms with van der Waals surface area (Å²) in [6.07, 6.45) is 8.06. The second-order valence-electron chi connectivity index (χ2n) is 5.30. The number of nitrogens with zero attached hydrogens (tertiary/aromatic N) is 1. The number of sulfone groups is 1. The van der Waals surface area contributed by atoms with Crippen molar-refractivity contribution in [2.75, 3.05) is 38.2 Å². The standard InChI is InChI=1S/C13H28N2O2S/c1-3-15(13-7-5-4-6-8-13)11-9-14-10-12-18(2,16)17/h13-14H,3-12H2,1-2H3. The summed E-state index contributed by atoms with van der Waals surface area (Å²) in [5.41, 5.74) is 0. The molecule has 4 nitrogen and oxygen atoms in total. The Morgan fingerprint density at radius 1 is 1.17 bits per heavy atom. The smallest absolute Gasteiger partial charge is 0.148 e. The van der Waals surface area contributed by atoms with E-state index in [0.29, 0.717) is 6.54 Å². The molecule has 0 saturated heterocycles. The molecule has 0 amide bonds. The highest BCUT2D eigenvalue weighted by atomic mass is 32.2. The van der Waals surface area contributed by atoms with Crippen LogP contribution < -0.4 is 5.32 Å². The summed E-state index contributed by atoms with van der Waals surface area (Å²) in [4.78, 5) is 2.53. The van der Waals surface area contributed by atoms with E-state index in [4.69, 9.17) is 0 Å². The monoisotopic (exact) mass is 276 g/mol. The predicted molar refractivity (Wildman–Crippen MR) is 76.7 cm³/mol. The van der Waals surface area contributed by atoms with Gasteiger partial charge in [0.05, 0.1) is 5.75 Å².